The fourth-order valence-corrected chi connectivity index (χ4v) is 4.68. The first kappa shape index (κ1) is 25.4. The molecule has 5 nitrogen and oxygen atoms in total. The normalized spacial score (nSPS) is 19.1. The molecule has 9 heteroatoms. The van der Waals surface area contributed by atoms with Crippen molar-refractivity contribution in [1.29, 1.82) is 5.26 Å². The minimum atomic E-state index is -4.39. The maximum Gasteiger partial charge on any atom is 0.433 e. The maximum atomic E-state index is 12.7. The molecule has 0 radical (unpaired) electrons. The highest BCUT2D eigenvalue weighted by molar-refractivity contribution is 5.85. The lowest BCUT2D eigenvalue weighted by Crippen LogP contribution is -2.52. The summed E-state index contributed by atoms with van der Waals surface area (Å²) in [4.78, 5) is 10.9. The van der Waals surface area contributed by atoms with Gasteiger partial charge in [-0.1, -0.05) is 24.3 Å². The molecule has 4 rings (SSSR count). The van der Waals surface area contributed by atoms with Gasteiger partial charge in [0.15, 0.2) is 0 Å². The fraction of sp³-hybridized carbons (Fsp3) is 0.500. The zero-order valence-electron chi connectivity index (χ0n) is 18.5. The maximum absolute atomic E-state index is 12.7. The minimum Gasteiger partial charge on any atom is -0.299 e. The molecule has 1 aromatic carbocycles. The van der Waals surface area contributed by atoms with Crippen molar-refractivity contribution in [1.82, 2.24) is 19.7 Å². The predicted molar refractivity (Wildman–Crippen MR) is 123 cm³/mol. The third kappa shape index (κ3) is 6.67. The van der Waals surface area contributed by atoms with Crippen molar-refractivity contribution < 1.29 is 13.2 Å². The van der Waals surface area contributed by atoms with Crippen LogP contribution in [0.1, 0.15) is 35.2 Å². The Labute approximate surface area is 199 Å². The van der Waals surface area contributed by atoms with Crippen LogP contribution in [0, 0.1) is 11.3 Å². The van der Waals surface area contributed by atoms with Gasteiger partial charge in [0.1, 0.15) is 5.69 Å². The van der Waals surface area contributed by atoms with E-state index in [9.17, 15) is 18.4 Å². The highest BCUT2D eigenvalue weighted by Crippen LogP contribution is 2.27. The van der Waals surface area contributed by atoms with Gasteiger partial charge in [-0.05, 0) is 49.2 Å². The van der Waals surface area contributed by atoms with Crippen molar-refractivity contribution in [3.8, 4) is 6.07 Å². The van der Waals surface area contributed by atoms with E-state index in [4.69, 9.17) is 0 Å². The molecule has 0 N–H and O–H groups in total. The Hall–Kier alpha value is -2.18. The summed E-state index contributed by atoms with van der Waals surface area (Å²) in [7, 11) is 0. The Morgan fingerprint density at radius 1 is 0.909 bits per heavy atom. The highest BCUT2D eigenvalue weighted by Gasteiger charge is 2.32. The summed E-state index contributed by atoms with van der Waals surface area (Å²) in [5, 5.41) is 9.29. The number of piperazine rings is 1. The highest BCUT2D eigenvalue weighted by atomic mass is 35.5. The minimum absolute atomic E-state index is 0. The lowest BCUT2D eigenvalue weighted by atomic mass is 10.0. The van der Waals surface area contributed by atoms with Crippen LogP contribution in [0.5, 0.6) is 0 Å². The Balaban J connectivity index is 0.00000306. The standard InChI is InChI=1S/C24H28F3N5.ClH/c25-24(26,27)23-6-5-19(16-29-23)17-30-9-7-22(8-10-30)32-13-11-31(12-14-32)18-21-4-2-1-3-20(21)15-28;/h1-6,16,22H,7-14,17-18H2;1H. The molecule has 0 amide bonds. The number of piperidine rings is 1. The lowest BCUT2D eigenvalue weighted by Gasteiger charge is -2.43. The van der Waals surface area contributed by atoms with Crippen LogP contribution < -0.4 is 0 Å². The van der Waals surface area contributed by atoms with Crippen LogP contribution >= 0.6 is 12.4 Å². The lowest BCUT2D eigenvalue weighted by molar-refractivity contribution is -0.141. The van der Waals surface area contributed by atoms with Gasteiger partial charge >= 0.3 is 6.18 Å². The number of likely N-dealkylation sites (tertiary alicyclic amines) is 1. The number of halogens is 4. The van der Waals surface area contributed by atoms with Gasteiger partial charge in [0.25, 0.3) is 0 Å². The molecule has 2 aromatic rings. The first-order valence-electron chi connectivity index (χ1n) is 11.1. The van der Waals surface area contributed by atoms with Gasteiger partial charge in [0, 0.05) is 51.5 Å². The Bertz CT molecular complexity index is 928. The van der Waals surface area contributed by atoms with Crippen molar-refractivity contribution in [3.63, 3.8) is 0 Å². The Morgan fingerprint density at radius 2 is 1.58 bits per heavy atom. The molecule has 33 heavy (non-hydrogen) atoms. The number of nitrogens with zero attached hydrogens (tertiary/aromatic N) is 5. The predicted octanol–water partition coefficient (Wildman–Crippen LogP) is 4.18. The number of rotatable bonds is 5. The molecule has 0 aliphatic carbocycles. The van der Waals surface area contributed by atoms with Crippen molar-refractivity contribution in [2.24, 2.45) is 0 Å². The molecule has 0 spiro atoms. The summed E-state index contributed by atoms with van der Waals surface area (Å²) in [6.07, 6.45) is -0.894. The van der Waals surface area contributed by atoms with Gasteiger partial charge in [-0.15, -0.1) is 12.4 Å². The van der Waals surface area contributed by atoms with Crippen LogP contribution in [0.15, 0.2) is 42.6 Å². The monoisotopic (exact) mass is 479 g/mol. The van der Waals surface area contributed by atoms with Crippen LogP contribution in [-0.4, -0.2) is 65.0 Å². The van der Waals surface area contributed by atoms with Crippen LogP contribution in [-0.2, 0) is 19.3 Å². The summed E-state index contributed by atoms with van der Waals surface area (Å²) < 4.78 is 38.0. The quantitative estimate of drug-likeness (QED) is 0.644. The number of benzene rings is 1. The molecule has 2 aliphatic heterocycles. The molecular weight excluding hydrogens is 451 g/mol. The molecular formula is C24H29ClF3N5. The first-order chi connectivity index (χ1) is 15.4. The molecule has 0 bridgehead atoms. The van der Waals surface area contributed by atoms with Gasteiger partial charge in [-0.2, -0.15) is 18.4 Å². The molecule has 2 fully saturated rings. The number of hydrogen-bond acceptors (Lipinski definition) is 5. The van der Waals surface area contributed by atoms with Crippen LogP contribution in [0.25, 0.3) is 0 Å². The van der Waals surface area contributed by atoms with E-state index in [0.717, 1.165) is 81.4 Å². The summed E-state index contributed by atoms with van der Waals surface area (Å²) in [5.41, 5.74) is 1.83. The van der Waals surface area contributed by atoms with Crippen LogP contribution in [0.4, 0.5) is 13.2 Å². The Kier molecular flexibility index (Phi) is 8.71. The van der Waals surface area contributed by atoms with Crippen molar-refractivity contribution >= 4 is 12.4 Å². The number of pyridine rings is 1. The molecule has 3 heterocycles. The summed E-state index contributed by atoms with van der Waals surface area (Å²) in [6, 6.07) is 13.2. The van der Waals surface area contributed by atoms with Gasteiger partial charge in [-0.3, -0.25) is 19.7 Å². The molecule has 2 saturated heterocycles. The van der Waals surface area contributed by atoms with Gasteiger partial charge in [0.2, 0.25) is 0 Å². The van der Waals surface area contributed by atoms with E-state index in [0.29, 0.717) is 12.6 Å². The van der Waals surface area contributed by atoms with E-state index in [1.54, 1.807) is 0 Å². The second-order valence-electron chi connectivity index (χ2n) is 8.64. The average molecular weight is 480 g/mol. The zero-order valence-corrected chi connectivity index (χ0v) is 19.3. The molecule has 0 atom stereocenters. The molecule has 0 saturated carbocycles. The summed E-state index contributed by atoms with van der Waals surface area (Å²) in [5.74, 6) is 0. The molecule has 0 unspecified atom stereocenters. The van der Waals surface area contributed by atoms with Crippen molar-refractivity contribution in [3.05, 3.63) is 65.0 Å². The van der Waals surface area contributed by atoms with Crippen molar-refractivity contribution in [2.45, 2.75) is 38.1 Å². The van der Waals surface area contributed by atoms with E-state index in [1.807, 2.05) is 24.3 Å². The summed E-state index contributed by atoms with van der Waals surface area (Å²) in [6.45, 7) is 7.41. The second-order valence-corrected chi connectivity index (χ2v) is 8.64. The van der Waals surface area contributed by atoms with E-state index < -0.39 is 11.9 Å². The topological polar surface area (TPSA) is 46.4 Å². The second kappa shape index (κ2) is 11.3. The smallest absolute Gasteiger partial charge is 0.299 e. The fourth-order valence-electron chi connectivity index (χ4n) is 4.68. The number of aromatic nitrogens is 1. The molecule has 178 valence electrons. The van der Waals surface area contributed by atoms with E-state index in [1.165, 1.54) is 12.3 Å². The van der Waals surface area contributed by atoms with E-state index >= 15 is 0 Å². The molecule has 2 aliphatic rings. The first-order valence-corrected chi connectivity index (χ1v) is 11.1. The molecule has 1 aromatic heterocycles. The van der Waals surface area contributed by atoms with E-state index in [-0.39, 0.29) is 12.4 Å². The number of hydrogen-bond donors (Lipinski definition) is 0. The van der Waals surface area contributed by atoms with Crippen LogP contribution in [0.3, 0.4) is 0 Å². The Morgan fingerprint density at radius 3 is 2.18 bits per heavy atom. The average Bonchev–Trinajstić information content (AvgIpc) is 2.80. The zero-order chi connectivity index (χ0) is 22.6. The third-order valence-electron chi connectivity index (χ3n) is 6.53. The van der Waals surface area contributed by atoms with Gasteiger partial charge in [-0.25, -0.2) is 0 Å². The third-order valence-corrected chi connectivity index (χ3v) is 6.53. The largest absolute Gasteiger partial charge is 0.433 e. The SMILES string of the molecule is Cl.N#Cc1ccccc1CN1CCN(C2CCN(Cc3ccc(C(F)(F)F)nc3)CC2)CC1. The number of alkyl halides is 3. The number of nitriles is 1. The van der Waals surface area contributed by atoms with Crippen LogP contribution in [0.2, 0.25) is 0 Å². The van der Waals surface area contributed by atoms with Crippen molar-refractivity contribution in [2.75, 3.05) is 39.3 Å². The van der Waals surface area contributed by atoms with E-state index in [2.05, 4.69) is 25.8 Å². The summed E-state index contributed by atoms with van der Waals surface area (Å²) >= 11 is 0. The van der Waals surface area contributed by atoms with Gasteiger partial charge < -0.3 is 0 Å². The van der Waals surface area contributed by atoms with Gasteiger partial charge in [0.05, 0.1) is 11.6 Å².